The number of aromatic nitrogens is 2. The van der Waals surface area contributed by atoms with Gasteiger partial charge in [0.15, 0.2) is 0 Å². The van der Waals surface area contributed by atoms with Gasteiger partial charge in [0.25, 0.3) is 0 Å². The van der Waals surface area contributed by atoms with Gasteiger partial charge in [0.1, 0.15) is 17.4 Å². The molecule has 4 rings (SSSR count). The third-order valence-corrected chi connectivity index (χ3v) is 5.85. The van der Waals surface area contributed by atoms with Crippen LogP contribution < -0.4 is 15.4 Å². The minimum absolute atomic E-state index is 0.171. The van der Waals surface area contributed by atoms with Gasteiger partial charge in [0.05, 0.1) is 19.3 Å². The highest BCUT2D eigenvalue weighted by Crippen LogP contribution is 2.27. The number of carbonyl (C=O) groups excluding carboxylic acids is 1. The van der Waals surface area contributed by atoms with Crippen molar-refractivity contribution in [2.75, 3.05) is 30.8 Å². The van der Waals surface area contributed by atoms with Crippen LogP contribution in [0, 0.1) is 12.7 Å². The van der Waals surface area contributed by atoms with E-state index in [4.69, 9.17) is 4.74 Å². The highest BCUT2D eigenvalue weighted by Gasteiger charge is 2.24. The minimum Gasteiger partial charge on any atom is -0.497 e. The van der Waals surface area contributed by atoms with Crippen LogP contribution in [0.5, 0.6) is 5.75 Å². The van der Waals surface area contributed by atoms with Crippen molar-refractivity contribution < 1.29 is 13.9 Å². The van der Waals surface area contributed by atoms with Crippen molar-refractivity contribution in [2.24, 2.45) is 0 Å². The first-order valence-electron chi connectivity index (χ1n) is 10.8. The fourth-order valence-electron chi connectivity index (χ4n) is 4.05. The van der Waals surface area contributed by atoms with Crippen molar-refractivity contribution in [2.45, 2.75) is 32.4 Å². The van der Waals surface area contributed by atoms with Gasteiger partial charge < -0.3 is 10.1 Å². The summed E-state index contributed by atoms with van der Waals surface area (Å²) in [6.45, 7) is 4.12. The number of benzene rings is 2. The molecule has 2 amide bonds. The molecule has 2 N–H and O–H groups in total. The molecule has 1 fully saturated rings. The molecule has 0 radical (unpaired) electrons. The summed E-state index contributed by atoms with van der Waals surface area (Å²) in [5.74, 6) is 1.10. The van der Waals surface area contributed by atoms with Gasteiger partial charge in [-0.2, -0.15) is 5.10 Å². The zero-order chi connectivity index (χ0) is 22.5. The molecule has 0 saturated carbocycles. The summed E-state index contributed by atoms with van der Waals surface area (Å²) < 4.78 is 21.3. The number of nitrogens with zero attached hydrogens (tertiary/aromatic N) is 3. The van der Waals surface area contributed by atoms with Crippen LogP contribution in [0.3, 0.4) is 0 Å². The Hall–Kier alpha value is -3.39. The molecule has 3 aromatic rings. The van der Waals surface area contributed by atoms with Crippen LogP contribution in [0.1, 0.15) is 30.0 Å². The molecule has 168 valence electrons. The number of carbonyl (C=O) groups is 1. The van der Waals surface area contributed by atoms with E-state index in [2.05, 4.69) is 20.6 Å². The Morgan fingerprint density at radius 1 is 1.16 bits per heavy atom. The molecule has 1 aliphatic heterocycles. The lowest BCUT2D eigenvalue weighted by molar-refractivity contribution is 0.172. The number of halogens is 1. The van der Waals surface area contributed by atoms with Crippen molar-refractivity contribution in [1.29, 1.82) is 0 Å². The number of methoxy groups -OCH3 is 1. The average Bonchev–Trinajstić information content (AvgIpc) is 3.25. The van der Waals surface area contributed by atoms with Crippen LogP contribution in [0.4, 0.5) is 20.7 Å². The summed E-state index contributed by atoms with van der Waals surface area (Å²) in [6.07, 6.45) is 3.42. The summed E-state index contributed by atoms with van der Waals surface area (Å²) in [5.41, 5.74) is 2.40. The van der Waals surface area contributed by atoms with E-state index >= 15 is 0 Å². The van der Waals surface area contributed by atoms with Gasteiger partial charge in [-0.05, 0) is 49.6 Å². The molecule has 0 spiro atoms. The number of urea groups is 1. The van der Waals surface area contributed by atoms with E-state index < -0.39 is 0 Å². The smallest absolute Gasteiger partial charge is 0.324 e. The van der Waals surface area contributed by atoms with Crippen LogP contribution in [0.25, 0.3) is 0 Å². The third-order valence-electron chi connectivity index (χ3n) is 5.85. The first kappa shape index (κ1) is 21.8. The fourth-order valence-corrected chi connectivity index (χ4v) is 4.05. The van der Waals surface area contributed by atoms with E-state index in [1.165, 1.54) is 6.07 Å². The Balaban J connectivity index is 1.34. The van der Waals surface area contributed by atoms with Gasteiger partial charge in [0.2, 0.25) is 0 Å². The van der Waals surface area contributed by atoms with Gasteiger partial charge in [-0.25, -0.2) is 13.9 Å². The Kier molecular flexibility index (Phi) is 6.70. The van der Waals surface area contributed by atoms with Crippen molar-refractivity contribution in [1.82, 2.24) is 14.7 Å². The Labute approximate surface area is 187 Å². The van der Waals surface area contributed by atoms with Crippen LogP contribution in [-0.2, 0) is 6.54 Å². The number of rotatable bonds is 6. The summed E-state index contributed by atoms with van der Waals surface area (Å²) in [7, 11) is 1.58. The largest absolute Gasteiger partial charge is 0.497 e. The minimum atomic E-state index is -0.299. The topological polar surface area (TPSA) is 71.4 Å². The first-order chi connectivity index (χ1) is 15.5. The number of aryl methyl sites for hydroxylation is 1. The highest BCUT2D eigenvalue weighted by atomic mass is 19.1. The summed E-state index contributed by atoms with van der Waals surface area (Å²) in [5, 5.41) is 10.2. The highest BCUT2D eigenvalue weighted by molar-refractivity contribution is 5.99. The van der Waals surface area contributed by atoms with Crippen molar-refractivity contribution in [3.05, 3.63) is 71.7 Å². The molecule has 1 aromatic heterocycles. The molecular weight excluding hydrogens is 409 g/mol. The molecular formula is C24H28FN5O2. The maximum atomic E-state index is 14.2. The Morgan fingerprint density at radius 3 is 2.69 bits per heavy atom. The Morgan fingerprint density at radius 2 is 1.94 bits per heavy atom. The number of hydrogen-bond donors (Lipinski definition) is 2. The van der Waals surface area contributed by atoms with Gasteiger partial charge in [-0.1, -0.05) is 18.2 Å². The summed E-state index contributed by atoms with van der Waals surface area (Å²) in [4.78, 5) is 14.7. The van der Waals surface area contributed by atoms with Crippen molar-refractivity contribution >= 4 is 17.5 Å². The molecule has 0 unspecified atom stereocenters. The molecule has 7 nitrogen and oxygen atoms in total. The zero-order valence-electron chi connectivity index (χ0n) is 18.3. The lowest BCUT2D eigenvalue weighted by Crippen LogP contribution is -2.35. The number of para-hydroxylation sites is 1. The predicted octanol–water partition coefficient (Wildman–Crippen LogP) is 4.82. The summed E-state index contributed by atoms with van der Waals surface area (Å²) >= 11 is 0. The quantitative estimate of drug-likeness (QED) is 0.580. The lowest BCUT2D eigenvalue weighted by Gasteiger charge is -2.32. The maximum absolute atomic E-state index is 14.2. The molecule has 32 heavy (non-hydrogen) atoms. The first-order valence-corrected chi connectivity index (χ1v) is 10.8. The number of anilines is 2. The number of ether oxygens (including phenoxy) is 1. The van der Waals surface area contributed by atoms with Gasteiger partial charge in [0, 0.05) is 37.0 Å². The molecule has 0 aliphatic carbocycles. The number of likely N-dealkylation sites (tertiary alicyclic amines) is 1. The zero-order valence-corrected chi connectivity index (χ0v) is 18.3. The lowest BCUT2D eigenvalue weighted by atomic mass is 10.0. The van der Waals surface area contributed by atoms with Crippen molar-refractivity contribution in [3.8, 4) is 5.75 Å². The monoisotopic (exact) mass is 437 g/mol. The van der Waals surface area contributed by atoms with Crippen LogP contribution >= 0.6 is 0 Å². The van der Waals surface area contributed by atoms with E-state index in [9.17, 15) is 9.18 Å². The van der Waals surface area contributed by atoms with Gasteiger partial charge in [-0.15, -0.1) is 0 Å². The SMILES string of the molecule is COc1ccc(F)c(CN2CCC(n3nccc3NC(=O)Nc3ccccc3C)CC2)c1. The molecule has 8 heteroatoms. The molecule has 1 aliphatic rings. The van der Waals surface area contributed by atoms with Crippen LogP contribution in [0.15, 0.2) is 54.7 Å². The summed E-state index contributed by atoms with van der Waals surface area (Å²) in [6, 6.07) is 14.1. The second-order valence-electron chi connectivity index (χ2n) is 8.02. The predicted molar refractivity (Wildman–Crippen MR) is 123 cm³/mol. The molecule has 0 bridgehead atoms. The Bertz CT molecular complexity index is 1080. The molecule has 1 saturated heterocycles. The number of piperidine rings is 1. The second-order valence-corrected chi connectivity index (χ2v) is 8.02. The van der Waals surface area contributed by atoms with Crippen LogP contribution in [-0.4, -0.2) is 40.9 Å². The second kappa shape index (κ2) is 9.82. The van der Waals surface area contributed by atoms with E-state index in [0.29, 0.717) is 23.7 Å². The molecule has 2 aromatic carbocycles. The van der Waals surface area contributed by atoms with E-state index in [0.717, 1.165) is 37.2 Å². The van der Waals surface area contributed by atoms with E-state index in [1.807, 2.05) is 35.9 Å². The van der Waals surface area contributed by atoms with Gasteiger partial charge >= 0.3 is 6.03 Å². The van der Waals surface area contributed by atoms with E-state index in [1.54, 1.807) is 31.5 Å². The third kappa shape index (κ3) is 5.08. The fraction of sp³-hybridized carbons (Fsp3) is 0.333. The number of amides is 2. The van der Waals surface area contributed by atoms with Gasteiger partial charge in [-0.3, -0.25) is 10.2 Å². The van der Waals surface area contributed by atoms with Crippen LogP contribution in [0.2, 0.25) is 0 Å². The van der Waals surface area contributed by atoms with Crippen molar-refractivity contribution in [3.63, 3.8) is 0 Å². The maximum Gasteiger partial charge on any atom is 0.324 e. The average molecular weight is 438 g/mol. The molecule has 2 heterocycles. The molecule has 0 atom stereocenters. The van der Waals surface area contributed by atoms with E-state index in [-0.39, 0.29) is 17.9 Å². The standard InChI is InChI=1S/C24H28FN5O2/c1-17-5-3-4-6-22(17)27-24(31)28-23-9-12-26-30(23)19-10-13-29(14-11-19)16-18-15-20(32-2)7-8-21(18)25/h3-9,12,15,19H,10-11,13-14,16H2,1-2H3,(H2,27,28,31). The normalized spacial score (nSPS) is 14.8. The number of nitrogens with one attached hydrogen (secondary N) is 2. The number of hydrogen-bond acceptors (Lipinski definition) is 4.